The second-order valence-electron chi connectivity index (χ2n) is 2.55. The largest absolute Gasteiger partial charge is 0.353 e. The summed E-state index contributed by atoms with van der Waals surface area (Å²) in [4.78, 5) is 0. The highest BCUT2D eigenvalue weighted by Gasteiger charge is 2.13. The van der Waals surface area contributed by atoms with Gasteiger partial charge in [-0.05, 0) is 13.8 Å². The molecule has 0 aromatic rings. The van der Waals surface area contributed by atoms with Gasteiger partial charge in [-0.1, -0.05) is 0 Å². The van der Waals surface area contributed by atoms with Crippen LogP contribution in [0.25, 0.3) is 0 Å². The van der Waals surface area contributed by atoms with Crippen LogP contribution in [0.3, 0.4) is 0 Å². The van der Waals surface area contributed by atoms with Gasteiger partial charge in [0.15, 0.2) is 14.7 Å². The molecule has 0 N–H and O–H groups in total. The van der Waals surface area contributed by atoms with Crippen molar-refractivity contribution in [3.63, 3.8) is 0 Å². The van der Waals surface area contributed by atoms with Crippen LogP contribution in [0.4, 0.5) is 0 Å². The van der Waals surface area contributed by atoms with E-state index in [1.54, 1.807) is 14.2 Å². The molecule has 0 bridgehead atoms. The van der Waals surface area contributed by atoms with Crippen molar-refractivity contribution in [1.29, 1.82) is 0 Å². The molecular formula is C9H21O4P. The van der Waals surface area contributed by atoms with Crippen LogP contribution in [-0.4, -0.2) is 39.9 Å². The Labute approximate surface area is 87.8 Å². The molecule has 4 nitrogen and oxygen atoms in total. The van der Waals surface area contributed by atoms with Crippen LogP contribution >= 0.6 is 8.38 Å². The molecule has 86 valence electrons. The number of rotatable bonds is 9. The molecule has 0 saturated heterocycles. The van der Waals surface area contributed by atoms with Gasteiger partial charge in [-0.15, -0.1) is 0 Å². The van der Waals surface area contributed by atoms with Crippen molar-refractivity contribution in [2.24, 2.45) is 0 Å². The Morgan fingerprint density at radius 2 is 1.50 bits per heavy atom. The van der Waals surface area contributed by atoms with Crippen molar-refractivity contribution in [2.45, 2.75) is 26.6 Å². The summed E-state index contributed by atoms with van der Waals surface area (Å²) in [6, 6.07) is 0. The van der Waals surface area contributed by atoms with Gasteiger partial charge < -0.3 is 18.5 Å². The van der Waals surface area contributed by atoms with E-state index >= 15 is 0 Å². The molecule has 0 spiro atoms. The Bertz CT molecular complexity index is 113. The third kappa shape index (κ3) is 6.68. The summed E-state index contributed by atoms with van der Waals surface area (Å²) < 4.78 is 21.1. The molecule has 0 heterocycles. The van der Waals surface area contributed by atoms with E-state index in [1.807, 2.05) is 13.8 Å². The van der Waals surface area contributed by atoms with Crippen molar-refractivity contribution < 1.29 is 18.5 Å². The molecular weight excluding hydrogens is 203 g/mol. The predicted octanol–water partition coefficient (Wildman–Crippen LogP) is 2.38. The molecule has 0 aromatic carbocycles. The summed E-state index contributed by atoms with van der Waals surface area (Å²) in [5.41, 5.74) is 0. The van der Waals surface area contributed by atoms with Crippen molar-refractivity contribution in [1.82, 2.24) is 0 Å². The Kier molecular flexibility index (Phi) is 10.0. The zero-order valence-corrected chi connectivity index (χ0v) is 10.4. The highest BCUT2D eigenvalue weighted by atomic mass is 31.2. The fourth-order valence-electron chi connectivity index (χ4n) is 1.05. The smallest absolute Gasteiger partial charge is 0.170 e. The summed E-state index contributed by atoms with van der Waals surface area (Å²) in [5, 5.41) is 0. The Morgan fingerprint density at radius 1 is 1.00 bits per heavy atom. The Morgan fingerprint density at radius 3 is 1.86 bits per heavy atom. The fourth-order valence-corrected chi connectivity index (χ4v) is 1.99. The van der Waals surface area contributed by atoms with E-state index in [9.17, 15) is 0 Å². The van der Waals surface area contributed by atoms with Gasteiger partial charge in [-0.25, -0.2) is 0 Å². The predicted molar refractivity (Wildman–Crippen MR) is 57.5 cm³/mol. The summed E-state index contributed by atoms with van der Waals surface area (Å²) in [7, 11) is 2.55. The van der Waals surface area contributed by atoms with Crippen molar-refractivity contribution in [3.8, 4) is 0 Å². The minimum atomic E-state index is -0.770. The standard InChI is InChI=1S/C9H21O4P/c1-5-12-9(13-6-2)7-8-14(10-3)11-4/h9H,5-8H2,1-4H3. The first-order chi connectivity index (χ1) is 6.78. The van der Waals surface area contributed by atoms with Gasteiger partial charge in [0.1, 0.15) is 0 Å². The molecule has 0 unspecified atom stereocenters. The first-order valence-corrected chi connectivity index (χ1v) is 6.23. The molecule has 0 aromatic heterocycles. The summed E-state index contributed by atoms with van der Waals surface area (Å²) in [6.07, 6.45) is 1.53. The molecule has 0 saturated carbocycles. The van der Waals surface area contributed by atoms with Gasteiger partial charge in [-0.2, -0.15) is 0 Å². The second-order valence-corrected chi connectivity index (χ2v) is 4.39. The lowest BCUT2D eigenvalue weighted by molar-refractivity contribution is -0.136. The maximum atomic E-state index is 5.40. The van der Waals surface area contributed by atoms with Gasteiger partial charge >= 0.3 is 0 Å². The molecule has 0 fully saturated rings. The average Bonchev–Trinajstić information content (AvgIpc) is 2.20. The molecule has 0 aliphatic carbocycles. The van der Waals surface area contributed by atoms with E-state index in [0.717, 1.165) is 12.6 Å². The summed E-state index contributed by atoms with van der Waals surface area (Å²) >= 11 is 0. The Balaban J connectivity index is 3.67. The van der Waals surface area contributed by atoms with E-state index in [-0.39, 0.29) is 6.29 Å². The Hall–Kier alpha value is 0.270. The number of hydrogen-bond donors (Lipinski definition) is 0. The number of ether oxygens (including phenoxy) is 2. The van der Waals surface area contributed by atoms with E-state index in [0.29, 0.717) is 13.2 Å². The third-order valence-corrected chi connectivity index (χ3v) is 3.10. The molecule has 0 radical (unpaired) electrons. The average molecular weight is 224 g/mol. The van der Waals surface area contributed by atoms with E-state index in [2.05, 4.69) is 0 Å². The van der Waals surface area contributed by atoms with Crippen molar-refractivity contribution >= 4 is 8.38 Å². The molecule has 14 heavy (non-hydrogen) atoms. The van der Waals surface area contributed by atoms with E-state index in [4.69, 9.17) is 18.5 Å². The van der Waals surface area contributed by atoms with Crippen LogP contribution in [0.2, 0.25) is 0 Å². The van der Waals surface area contributed by atoms with Gasteiger partial charge in [-0.3, -0.25) is 0 Å². The lowest BCUT2D eigenvalue weighted by Crippen LogP contribution is -2.18. The lowest BCUT2D eigenvalue weighted by Gasteiger charge is -2.18. The maximum absolute atomic E-state index is 5.40. The quantitative estimate of drug-likeness (QED) is 0.445. The number of hydrogen-bond acceptors (Lipinski definition) is 4. The normalized spacial score (nSPS) is 11.6. The third-order valence-electron chi connectivity index (χ3n) is 1.66. The minimum Gasteiger partial charge on any atom is -0.353 e. The molecule has 0 aliphatic rings. The van der Waals surface area contributed by atoms with Crippen LogP contribution < -0.4 is 0 Å². The van der Waals surface area contributed by atoms with Crippen LogP contribution in [-0.2, 0) is 18.5 Å². The minimum absolute atomic E-state index is 0.125. The molecule has 0 atom stereocenters. The van der Waals surface area contributed by atoms with Gasteiger partial charge in [0.2, 0.25) is 0 Å². The zero-order chi connectivity index (χ0) is 10.8. The molecule has 0 amide bonds. The SMILES string of the molecule is CCOC(CCP(OC)OC)OCC. The molecule has 0 aliphatic heterocycles. The van der Waals surface area contributed by atoms with Gasteiger partial charge in [0, 0.05) is 40.0 Å². The second kappa shape index (κ2) is 9.81. The van der Waals surface area contributed by atoms with Crippen LogP contribution in [0.15, 0.2) is 0 Å². The lowest BCUT2D eigenvalue weighted by atomic mass is 10.5. The van der Waals surface area contributed by atoms with Crippen LogP contribution in [0, 0.1) is 0 Å². The van der Waals surface area contributed by atoms with E-state index < -0.39 is 8.38 Å². The first kappa shape index (κ1) is 14.3. The first-order valence-electron chi connectivity index (χ1n) is 4.87. The summed E-state index contributed by atoms with van der Waals surface area (Å²) in [5.74, 6) is 0. The fraction of sp³-hybridized carbons (Fsp3) is 1.00. The van der Waals surface area contributed by atoms with Crippen LogP contribution in [0.1, 0.15) is 20.3 Å². The van der Waals surface area contributed by atoms with Gasteiger partial charge in [0.25, 0.3) is 0 Å². The monoisotopic (exact) mass is 224 g/mol. The van der Waals surface area contributed by atoms with Crippen LogP contribution in [0.5, 0.6) is 0 Å². The van der Waals surface area contributed by atoms with Gasteiger partial charge in [0.05, 0.1) is 0 Å². The van der Waals surface area contributed by atoms with Crippen molar-refractivity contribution in [3.05, 3.63) is 0 Å². The maximum Gasteiger partial charge on any atom is 0.170 e. The highest BCUT2D eigenvalue weighted by Crippen LogP contribution is 2.37. The summed E-state index contributed by atoms with van der Waals surface area (Å²) in [6.45, 7) is 5.26. The topological polar surface area (TPSA) is 36.9 Å². The van der Waals surface area contributed by atoms with E-state index in [1.165, 1.54) is 0 Å². The van der Waals surface area contributed by atoms with Crippen molar-refractivity contribution in [2.75, 3.05) is 33.6 Å². The zero-order valence-electron chi connectivity index (χ0n) is 9.49. The molecule has 5 heteroatoms. The highest BCUT2D eigenvalue weighted by molar-refractivity contribution is 7.47. The molecule has 0 rings (SSSR count).